The molecule has 0 unspecified atom stereocenters. The van der Waals surface area contributed by atoms with Crippen LogP contribution < -0.4 is 5.32 Å². The number of nitrogens with zero attached hydrogens (tertiary/aromatic N) is 4. The maximum atomic E-state index is 13.6. The molecule has 0 bridgehead atoms. The summed E-state index contributed by atoms with van der Waals surface area (Å²) in [6.45, 7) is 0.0325. The van der Waals surface area contributed by atoms with E-state index < -0.39 is 27.9 Å². The highest BCUT2D eigenvalue weighted by Crippen LogP contribution is 2.29. The topological polar surface area (TPSA) is 85.9 Å². The highest BCUT2D eigenvalue weighted by atomic mass is 19.2. The molecule has 0 fully saturated rings. The molecule has 19 heavy (non-hydrogen) atoms. The minimum absolute atomic E-state index is 0.0325. The Kier molecular flexibility index (Phi) is 3.36. The van der Waals surface area contributed by atoms with Gasteiger partial charge < -0.3 is 5.32 Å². The predicted octanol–water partition coefficient (Wildman–Crippen LogP) is 1.61. The lowest BCUT2D eigenvalue weighted by Crippen LogP contribution is -2.09. The number of hydrogen-bond acceptors (Lipinski definition) is 5. The zero-order valence-corrected chi connectivity index (χ0v) is 9.80. The third kappa shape index (κ3) is 2.49. The summed E-state index contributed by atoms with van der Waals surface area (Å²) in [5.74, 6) is -2.44. The standard InChI is InChI=1S/C10H9F2N5O2/c1-16-6(5-14-15-16)4-13-10-8(17(18)19)3-2-7(11)9(10)12/h2-3,5,13H,4H2,1H3. The Morgan fingerprint density at radius 1 is 1.47 bits per heavy atom. The van der Waals surface area contributed by atoms with Gasteiger partial charge in [0.25, 0.3) is 5.69 Å². The maximum absolute atomic E-state index is 13.6. The van der Waals surface area contributed by atoms with Crippen molar-refractivity contribution in [3.63, 3.8) is 0 Å². The van der Waals surface area contributed by atoms with Crippen LogP contribution in [0.5, 0.6) is 0 Å². The maximum Gasteiger partial charge on any atom is 0.295 e. The predicted molar refractivity (Wildman–Crippen MR) is 61.3 cm³/mol. The van der Waals surface area contributed by atoms with Gasteiger partial charge in [-0.05, 0) is 6.07 Å². The molecule has 1 aromatic carbocycles. The summed E-state index contributed by atoms with van der Waals surface area (Å²) in [7, 11) is 1.61. The number of anilines is 1. The van der Waals surface area contributed by atoms with E-state index in [1.807, 2.05) is 0 Å². The molecule has 0 radical (unpaired) electrons. The van der Waals surface area contributed by atoms with Gasteiger partial charge in [0.2, 0.25) is 0 Å². The molecule has 7 nitrogen and oxygen atoms in total. The minimum atomic E-state index is -1.29. The van der Waals surface area contributed by atoms with Crippen LogP contribution in [0.4, 0.5) is 20.2 Å². The van der Waals surface area contributed by atoms with Gasteiger partial charge in [-0.25, -0.2) is 8.78 Å². The molecular weight excluding hydrogens is 260 g/mol. The van der Waals surface area contributed by atoms with Crippen molar-refractivity contribution >= 4 is 11.4 Å². The van der Waals surface area contributed by atoms with Gasteiger partial charge in [-0.1, -0.05) is 5.21 Å². The van der Waals surface area contributed by atoms with E-state index in [0.29, 0.717) is 11.8 Å². The van der Waals surface area contributed by atoms with Gasteiger partial charge in [-0.3, -0.25) is 14.8 Å². The van der Waals surface area contributed by atoms with E-state index in [-0.39, 0.29) is 6.54 Å². The largest absolute Gasteiger partial charge is 0.371 e. The molecule has 0 amide bonds. The number of benzene rings is 1. The molecule has 1 N–H and O–H groups in total. The molecule has 100 valence electrons. The molecule has 0 saturated heterocycles. The van der Waals surface area contributed by atoms with Crippen molar-refractivity contribution < 1.29 is 13.7 Å². The fraction of sp³-hybridized carbons (Fsp3) is 0.200. The number of rotatable bonds is 4. The van der Waals surface area contributed by atoms with Gasteiger partial charge in [0.1, 0.15) is 0 Å². The van der Waals surface area contributed by atoms with Gasteiger partial charge >= 0.3 is 0 Å². The Bertz CT molecular complexity index is 628. The Balaban J connectivity index is 2.31. The Labute approximate surface area is 106 Å². The number of halogens is 2. The second-order valence-electron chi connectivity index (χ2n) is 3.72. The highest BCUT2D eigenvalue weighted by molar-refractivity contribution is 5.62. The van der Waals surface area contributed by atoms with Crippen LogP contribution in [0.3, 0.4) is 0 Å². The molecule has 0 aliphatic rings. The third-order valence-corrected chi connectivity index (χ3v) is 2.52. The normalized spacial score (nSPS) is 10.5. The summed E-state index contributed by atoms with van der Waals surface area (Å²) in [5.41, 5.74) is -0.460. The fourth-order valence-corrected chi connectivity index (χ4v) is 1.51. The molecule has 0 aliphatic heterocycles. The van der Waals surface area contributed by atoms with Crippen molar-refractivity contribution in [3.8, 4) is 0 Å². The summed E-state index contributed by atoms with van der Waals surface area (Å²) >= 11 is 0. The smallest absolute Gasteiger partial charge is 0.295 e. The number of nitro benzene ring substituents is 1. The molecule has 2 aromatic rings. The minimum Gasteiger partial charge on any atom is -0.371 e. The average molecular weight is 269 g/mol. The first kappa shape index (κ1) is 12.9. The molecule has 0 spiro atoms. The molecule has 0 atom stereocenters. The van der Waals surface area contributed by atoms with Crippen LogP contribution in [-0.2, 0) is 13.6 Å². The van der Waals surface area contributed by atoms with Crippen LogP contribution in [0.15, 0.2) is 18.3 Å². The van der Waals surface area contributed by atoms with Crippen LogP contribution in [0.25, 0.3) is 0 Å². The summed E-state index contributed by atoms with van der Waals surface area (Å²) in [6.07, 6.45) is 1.41. The van der Waals surface area contributed by atoms with Crippen LogP contribution in [-0.4, -0.2) is 19.9 Å². The molecule has 2 rings (SSSR count). The number of hydrogen-bond donors (Lipinski definition) is 1. The van der Waals surface area contributed by atoms with Crippen molar-refractivity contribution in [2.75, 3.05) is 5.32 Å². The van der Waals surface area contributed by atoms with E-state index in [9.17, 15) is 18.9 Å². The van der Waals surface area contributed by atoms with Crippen molar-refractivity contribution in [3.05, 3.63) is 45.8 Å². The molecule has 1 aromatic heterocycles. The Morgan fingerprint density at radius 2 is 2.21 bits per heavy atom. The van der Waals surface area contributed by atoms with Gasteiger partial charge in [0.15, 0.2) is 17.3 Å². The van der Waals surface area contributed by atoms with Crippen molar-refractivity contribution in [2.45, 2.75) is 6.54 Å². The molecule has 1 heterocycles. The number of aryl methyl sites for hydroxylation is 1. The van der Waals surface area contributed by atoms with Crippen LogP contribution >= 0.6 is 0 Å². The van der Waals surface area contributed by atoms with E-state index >= 15 is 0 Å². The Morgan fingerprint density at radius 3 is 2.79 bits per heavy atom. The van der Waals surface area contributed by atoms with Gasteiger partial charge in [-0.15, -0.1) is 5.10 Å². The van der Waals surface area contributed by atoms with E-state index in [2.05, 4.69) is 15.6 Å². The SMILES string of the molecule is Cn1nncc1CNc1c([N+](=O)[O-])ccc(F)c1F. The summed E-state index contributed by atoms with van der Waals surface area (Å²) in [5, 5.41) is 20.5. The zero-order chi connectivity index (χ0) is 14.0. The second-order valence-corrected chi connectivity index (χ2v) is 3.72. The van der Waals surface area contributed by atoms with Crippen molar-refractivity contribution in [2.24, 2.45) is 7.05 Å². The van der Waals surface area contributed by atoms with Gasteiger partial charge in [0, 0.05) is 13.1 Å². The third-order valence-electron chi connectivity index (χ3n) is 2.52. The first-order chi connectivity index (χ1) is 9.00. The van der Waals surface area contributed by atoms with E-state index in [4.69, 9.17) is 0 Å². The first-order valence-corrected chi connectivity index (χ1v) is 5.20. The van der Waals surface area contributed by atoms with E-state index in [1.165, 1.54) is 10.9 Å². The van der Waals surface area contributed by atoms with E-state index in [0.717, 1.165) is 6.07 Å². The monoisotopic (exact) mass is 269 g/mol. The van der Waals surface area contributed by atoms with Crippen molar-refractivity contribution in [1.29, 1.82) is 0 Å². The van der Waals surface area contributed by atoms with Gasteiger partial charge in [0.05, 0.1) is 23.4 Å². The van der Waals surface area contributed by atoms with Crippen LogP contribution in [0, 0.1) is 21.7 Å². The van der Waals surface area contributed by atoms with Crippen LogP contribution in [0.2, 0.25) is 0 Å². The molecular formula is C10H9F2N5O2. The fourth-order valence-electron chi connectivity index (χ4n) is 1.51. The number of nitro groups is 1. The van der Waals surface area contributed by atoms with Gasteiger partial charge in [-0.2, -0.15) is 0 Å². The zero-order valence-electron chi connectivity index (χ0n) is 9.80. The average Bonchev–Trinajstić information content (AvgIpc) is 2.76. The lowest BCUT2D eigenvalue weighted by Gasteiger charge is -2.08. The lowest BCUT2D eigenvalue weighted by molar-refractivity contribution is -0.384. The van der Waals surface area contributed by atoms with Crippen molar-refractivity contribution in [1.82, 2.24) is 15.0 Å². The number of nitrogens with one attached hydrogen (secondary N) is 1. The quantitative estimate of drug-likeness (QED) is 0.673. The lowest BCUT2D eigenvalue weighted by atomic mass is 10.2. The highest BCUT2D eigenvalue weighted by Gasteiger charge is 2.21. The second kappa shape index (κ2) is 4.96. The van der Waals surface area contributed by atoms with E-state index in [1.54, 1.807) is 7.05 Å². The summed E-state index contributed by atoms with van der Waals surface area (Å²) < 4.78 is 28.1. The Hall–Kier alpha value is -2.58. The summed E-state index contributed by atoms with van der Waals surface area (Å²) in [6, 6.07) is 1.62. The molecule has 0 aliphatic carbocycles. The van der Waals surface area contributed by atoms with Crippen LogP contribution in [0.1, 0.15) is 5.69 Å². The molecule has 0 saturated carbocycles. The number of aromatic nitrogens is 3. The summed E-state index contributed by atoms with van der Waals surface area (Å²) in [4.78, 5) is 9.97. The molecule has 9 heteroatoms. The first-order valence-electron chi connectivity index (χ1n) is 5.20.